The second-order valence-corrected chi connectivity index (χ2v) is 4.29. The van der Waals surface area contributed by atoms with Gasteiger partial charge in [0.2, 0.25) is 5.91 Å². The lowest BCUT2D eigenvalue weighted by Crippen LogP contribution is -2.11. The van der Waals surface area contributed by atoms with E-state index in [0.29, 0.717) is 4.90 Å². The number of rotatable bonds is 5. The lowest BCUT2D eigenvalue weighted by Gasteiger charge is -2.03. The van der Waals surface area contributed by atoms with Gasteiger partial charge in [-0.15, -0.1) is 11.8 Å². The van der Waals surface area contributed by atoms with E-state index in [0.717, 1.165) is 12.2 Å². The number of hydrogen-bond donors (Lipinski definition) is 1. The molecule has 0 heterocycles. The Kier molecular flexibility index (Phi) is 4.30. The highest BCUT2D eigenvalue weighted by atomic mass is 32.2. The van der Waals surface area contributed by atoms with E-state index in [4.69, 9.17) is 5.73 Å². The van der Waals surface area contributed by atoms with E-state index >= 15 is 0 Å². The van der Waals surface area contributed by atoms with Crippen LogP contribution < -0.4 is 5.73 Å². The predicted octanol–water partition coefficient (Wildman–Crippen LogP) is 2.20. The number of hydrogen-bond acceptors (Lipinski definition) is 4. The molecular formula is C10H12N2O3S. The molecular weight excluding hydrogens is 228 g/mol. The van der Waals surface area contributed by atoms with Crippen LogP contribution in [0.5, 0.6) is 0 Å². The zero-order valence-corrected chi connectivity index (χ0v) is 9.62. The highest BCUT2D eigenvalue weighted by Crippen LogP contribution is 2.30. The minimum atomic E-state index is -0.657. The van der Waals surface area contributed by atoms with E-state index < -0.39 is 10.8 Å². The zero-order chi connectivity index (χ0) is 12.1. The summed E-state index contributed by atoms with van der Waals surface area (Å²) in [4.78, 5) is 21.8. The van der Waals surface area contributed by atoms with Gasteiger partial charge in [0, 0.05) is 11.6 Å². The molecule has 0 saturated carbocycles. The van der Waals surface area contributed by atoms with Crippen LogP contribution in [0.4, 0.5) is 5.69 Å². The molecule has 0 saturated heterocycles. The van der Waals surface area contributed by atoms with Crippen LogP contribution in [0.25, 0.3) is 0 Å². The van der Waals surface area contributed by atoms with Crippen molar-refractivity contribution in [2.45, 2.75) is 18.2 Å². The lowest BCUT2D eigenvalue weighted by atomic mass is 10.2. The fourth-order valence-corrected chi connectivity index (χ4v) is 2.02. The lowest BCUT2D eigenvalue weighted by molar-refractivity contribution is -0.387. The van der Waals surface area contributed by atoms with Gasteiger partial charge in [0.25, 0.3) is 5.69 Å². The molecule has 6 heteroatoms. The summed E-state index contributed by atoms with van der Waals surface area (Å²) in [5, 5.41) is 10.8. The third-order valence-corrected chi connectivity index (χ3v) is 3.17. The number of carbonyl (C=O) groups is 1. The zero-order valence-electron chi connectivity index (χ0n) is 8.80. The van der Waals surface area contributed by atoms with Crippen LogP contribution in [0.1, 0.15) is 23.7 Å². The smallest absolute Gasteiger partial charge is 0.283 e. The van der Waals surface area contributed by atoms with Crippen molar-refractivity contribution < 1.29 is 9.72 Å². The van der Waals surface area contributed by atoms with Gasteiger partial charge < -0.3 is 5.73 Å². The molecule has 0 fully saturated rings. The summed E-state index contributed by atoms with van der Waals surface area (Å²) in [6.07, 6.45) is 0.930. The van der Waals surface area contributed by atoms with Crippen molar-refractivity contribution in [1.29, 1.82) is 0 Å². The summed E-state index contributed by atoms with van der Waals surface area (Å²) in [6.45, 7) is 2.00. The largest absolute Gasteiger partial charge is 0.366 e. The fourth-order valence-electron chi connectivity index (χ4n) is 1.15. The molecule has 0 aromatic heterocycles. The van der Waals surface area contributed by atoms with E-state index in [2.05, 4.69) is 0 Å². The summed E-state index contributed by atoms with van der Waals surface area (Å²) >= 11 is 1.40. The van der Waals surface area contributed by atoms with Crippen molar-refractivity contribution in [3.05, 3.63) is 33.9 Å². The van der Waals surface area contributed by atoms with Gasteiger partial charge in [0.15, 0.2) is 0 Å². The number of benzene rings is 1. The van der Waals surface area contributed by atoms with E-state index in [-0.39, 0.29) is 11.3 Å². The first-order valence-corrected chi connectivity index (χ1v) is 5.76. The Morgan fingerprint density at radius 2 is 2.25 bits per heavy atom. The maximum atomic E-state index is 10.9. The Bertz CT molecular complexity index is 421. The molecule has 1 amide bonds. The van der Waals surface area contributed by atoms with Crippen LogP contribution in [0.15, 0.2) is 23.1 Å². The van der Waals surface area contributed by atoms with E-state index in [1.807, 2.05) is 6.92 Å². The molecule has 1 rings (SSSR count). The molecule has 0 aliphatic heterocycles. The maximum absolute atomic E-state index is 10.9. The Morgan fingerprint density at radius 1 is 1.56 bits per heavy atom. The topological polar surface area (TPSA) is 86.2 Å². The number of nitrogens with zero attached hydrogens (tertiary/aromatic N) is 1. The molecule has 5 nitrogen and oxygen atoms in total. The molecule has 16 heavy (non-hydrogen) atoms. The van der Waals surface area contributed by atoms with Gasteiger partial charge in [-0.3, -0.25) is 14.9 Å². The summed E-state index contributed by atoms with van der Waals surface area (Å²) in [5.41, 5.74) is 5.16. The van der Waals surface area contributed by atoms with Crippen LogP contribution in [0.2, 0.25) is 0 Å². The molecule has 0 aliphatic carbocycles. The van der Waals surface area contributed by atoms with Gasteiger partial charge in [-0.2, -0.15) is 0 Å². The van der Waals surface area contributed by atoms with Gasteiger partial charge in [0.1, 0.15) is 0 Å². The van der Waals surface area contributed by atoms with Crippen LogP contribution in [0, 0.1) is 10.1 Å². The first-order valence-electron chi connectivity index (χ1n) is 4.77. The number of nitro groups is 1. The predicted molar refractivity (Wildman–Crippen MR) is 62.6 cm³/mol. The average molecular weight is 240 g/mol. The summed E-state index contributed by atoms with van der Waals surface area (Å²) in [5.74, 6) is 0.145. The molecule has 0 aliphatic rings. The van der Waals surface area contributed by atoms with Crippen molar-refractivity contribution in [2.24, 2.45) is 5.73 Å². The molecule has 0 unspecified atom stereocenters. The number of amides is 1. The molecule has 0 atom stereocenters. The fraction of sp³-hybridized carbons (Fsp3) is 0.300. The van der Waals surface area contributed by atoms with Crippen molar-refractivity contribution in [3.63, 3.8) is 0 Å². The third-order valence-electron chi connectivity index (χ3n) is 1.90. The van der Waals surface area contributed by atoms with Gasteiger partial charge >= 0.3 is 0 Å². The summed E-state index contributed by atoms with van der Waals surface area (Å²) in [6, 6.07) is 4.30. The average Bonchev–Trinajstić information content (AvgIpc) is 2.25. The summed E-state index contributed by atoms with van der Waals surface area (Å²) < 4.78 is 0. The van der Waals surface area contributed by atoms with Crippen LogP contribution in [-0.4, -0.2) is 16.6 Å². The molecule has 0 spiro atoms. The highest BCUT2D eigenvalue weighted by molar-refractivity contribution is 7.99. The first kappa shape index (κ1) is 12.5. The monoisotopic (exact) mass is 240 g/mol. The van der Waals surface area contributed by atoms with Crippen LogP contribution >= 0.6 is 11.8 Å². The second-order valence-electron chi connectivity index (χ2n) is 3.15. The van der Waals surface area contributed by atoms with Gasteiger partial charge in [0.05, 0.1) is 9.82 Å². The molecule has 0 radical (unpaired) electrons. The van der Waals surface area contributed by atoms with Crippen molar-refractivity contribution in [1.82, 2.24) is 0 Å². The Hall–Kier alpha value is -1.56. The number of carbonyl (C=O) groups excluding carboxylic acids is 1. The minimum Gasteiger partial charge on any atom is -0.366 e. The number of primary amides is 1. The molecule has 2 N–H and O–H groups in total. The van der Waals surface area contributed by atoms with Crippen molar-refractivity contribution >= 4 is 23.4 Å². The first-order chi connectivity index (χ1) is 7.56. The number of thioether (sulfide) groups is 1. The van der Waals surface area contributed by atoms with Crippen LogP contribution in [0.3, 0.4) is 0 Å². The second kappa shape index (κ2) is 5.50. The number of nitro benzene ring substituents is 1. The van der Waals surface area contributed by atoms with E-state index in [1.54, 1.807) is 6.07 Å². The number of nitrogens with two attached hydrogens (primary N) is 1. The molecule has 0 bridgehead atoms. The molecule has 1 aromatic carbocycles. The van der Waals surface area contributed by atoms with E-state index in [9.17, 15) is 14.9 Å². The van der Waals surface area contributed by atoms with Gasteiger partial charge in [-0.25, -0.2) is 0 Å². The Labute approximate surface area is 97.2 Å². The Morgan fingerprint density at radius 3 is 2.75 bits per heavy atom. The standard InChI is InChI=1S/C10H12N2O3S/c1-2-5-16-9-4-3-7(10(11)13)6-8(9)12(14)15/h3-4,6H,2,5H2,1H3,(H2,11,13). The van der Waals surface area contributed by atoms with Gasteiger partial charge in [-0.05, 0) is 24.3 Å². The molecule has 1 aromatic rings. The highest BCUT2D eigenvalue weighted by Gasteiger charge is 2.16. The Balaban J connectivity index is 3.09. The molecule has 86 valence electrons. The normalized spacial score (nSPS) is 10.1. The quantitative estimate of drug-likeness (QED) is 0.485. The van der Waals surface area contributed by atoms with Crippen LogP contribution in [-0.2, 0) is 0 Å². The minimum absolute atomic E-state index is 0.0604. The third kappa shape index (κ3) is 2.96. The van der Waals surface area contributed by atoms with Crippen molar-refractivity contribution in [2.75, 3.05) is 5.75 Å². The maximum Gasteiger partial charge on any atom is 0.283 e. The van der Waals surface area contributed by atoms with E-state index in [1.165, 1.54) is 23.9 Å². The SMILES string of the molecule is CCCSc1ccc(C(N)=O)cc1[N+](=O)[O-]. The summed E-state index contributed by atoms with van der Waals surface area (Å²) in [7, 11) is 0. The van der Waals surface area contributed by atoms with Crippen molar-refractivity contribution in [3.8, 4) is 0 Å². The van der Waals surface area contributed by atoms with Gasteiger partial charge in [-0.1, -0.05) is 6.92 Å².